The van der Waals surface area contributed by atoms with E-state index in [2.05, 4.69) is 6.08 Å². The number of hydrogen-bond acceptors (Lipinski definition) is 4. The lowest BCUT2D eigenvalue weighted by Crippen LogP contribution is -2.63. The lowest BCUT2D eigenvalue weighted by atomic mass is 9.63. The quantitative estimate of drug-likeness (QED) is 0.513. The van der Waals surface area contributed by atoms with E-state index < -0.39 is 5.79 Å². The highest BCUT2D eigenvalue weighted by Gasteiger charge is 2.62. The Kier molecular flexibility index (Phi) is 2.21. The Balaban J connectivity index is 2.06. The molecule has 0 aromatic carbocycles. The van der Waals surface area contributed by atoms with Crippen molar-refractivity contribution in [3.8, 4) is 0 Å². The maximum absolute atomic E-state index is 12.3. The summed E-state index contributed by atoms with van der Waals surface area (Å²) >= 11 is 0. The molecule has 4 rings (SSSR count). The Morgan fingerprint density at radius 1 is 1.38 bits per heavy atom. The molecular weight excluding hydrogens is 208 g/mol. The standard InChI is InChI=1S/C12H16O4/c1-14-12(15-2)9-4-3-8(11(12)13)10-7(9)5-6-16-10/h3-4,7-10H,5-6H2,1-2H3. The molecule has 4 aliphatic rings. The highest BCUT2D eigenvalue weighted by Crippen LogP contribution is 2.51. The third kappa shape index (κ3) is 1.02. The monoisotopic (exact) mass is 224 g/mol. The summed E-state index contributed by atoms with van der Waals surface area (Å²) in [6.07, 6.45) is 5.05. The maximum Gasteiger partial charge on any atom is 0.235 e. The molecule has 4 nitrogen and oxygen atoms in total. The number of fused-ring (bicyclic) bond motifs is 1. The van der Waals surface area contributed by atoms with Gasteiger partial charge in [-0.15, -0.1) is 0 Å². The van der Waals surface area contributed by atoms with Crippen LogP contribution >= 0.6 is 0 Å². The number of methoxy groups -OCH3 is 2. The highest BCUT2D eigenvalue weighted by atomic mass is 16.7. The molecule has 2 bridgehead atoms. The molecule has 0 aromatic rings. The first kappa shape index (κ1) is 10.4. The lowest BCUT2D eigenvalue weighted by molar-refractivity contribution is -0.250. The smallest absolute Gasteiger partial charge is 0.235 e. The summed E-state index contributed by atoms with van der Waals surface area (Å²) in [6.45, 7) is 0.737. The van der Waals surface area contributed by atoms with Crippen LogP contribution in [0.25, 0.3) is 0 Å². The summed E-state index contributed by atoms with van der Waals surface area (Å²) < 4.78 is 16.5. The average molecular weight is 224 g/mol. The molecule has 1 aliphatic heterocycles. The highest BCUT2D eigenvalue weighted by molar-refractivity contribution is 5.93. The summed E-state index contributed by atoms with van der Waals surface area (Å²) in [6, 6.07) is 0. The molecule has 1 saturated heterocycles. The predicted octanol–water partition coefficient (Wildman–Crippen LogP) is 0.765. The number of rotatable bonds is 2. The van der Waals surface area contributed by atoms with Crippen molar-refractivity contribution in [1.82, 2.24) is 0 Å². The minimum Gasteiger partial charge on any atom is -0.377 e. The molecule has 0 spiro atoms. The van der Waals surface area contributed by atoms with Gasteiger partial charge in [-0.25, -0.2) is 0 Å². The van der Waals surface area contributed by atoms with Gasteiger partial charge < -0.3 is 14.2 Å². The fourth-order valence-electron chi connectivity index (χ4n) is 3.47. The molecule has 88 valence electrons. The third-order valence-corrected chi connectivity index (χ3v) is 4.22. The summed E-state index contributed by atoms with van der Waals surface area (Å²) in [7, 11) is 3.08. The Morgan fingerprint density at radius 3 is 2.81 bits per heavy atom. The zero-order chi connectivity index (χ0) is 11.3. The van der Waals surface area contributed by atoms with Gasteiger partial charge in [0, 0.05) is 32.7 Å². The Labute approximate surface area is 94.5 Å². The molecule has 1 saturated carbocycles. The van der Waals surface area contributed by atoms with Gasteiger partial charge in [0.05, 0.1) is 12.0 Å². The molecule has 0 N–H and O–H groups in total. The van der Waals surface area contributed by atoms with Crippen LogP contribution in [-0.4, -0.2) is 38.5 Å². The van der Waals surface area contributed by atoms with Gasteiger partial charge in [0.2, 0.25) is 11.6 Å². The summed E-state index contributed by atoms with van der Waals surface area (Å²) in [5.41, 5.74) is 0. The van der Waals surface area contributed by atoms with Crippen molar-refractivity contribution in [2.75, 3.05) is 20.8 Å². The average Bonchev–Trinajstić information content (AvgIpc) is 2.80. The van der Waals surface area contributed by atoms with Crippen LogP contribution in [0.1, 0.15) is 6.42 Å². The molecular formula is C12H16O4. The number of Topliss-reactive ketones (excluding diaryl/α,β-unsaturated/α-hetero) is 1. The van der Waals surface area contributed by atoms with E-state index in [1.165, 1.54) is 0 Å². The van der Waals surface area contributed by atoms with E-state index in [0.717, 1.165) is 13.0 Å². The van der Waals surface area contributed by atoms with Crippen molar-refractivity contribution >= 4 is 5.78 Å². The Morgan fingerprint density at radius 2 is 2.12 bits per heavy atom. The number of carbonyl (C=O) groups excluding carboxylic acids is 1. The Bertz CT molecular complexity index is 345. The lowest BCUT2D eigenvalue weighted by Gasteiger charge is -2.49. The molecule has 0 radical (unpaired) electrons. The third-order valence-electron chi connectivity index (χ3n) is 4.22. The van der Waals surface area contributed by atoms with Crippen LogP contribution in [0.15, 0.2) is 12.2 Å². The van der Waals surface area contributed by atoms with Crippen LogP contribution in [0, 0.1) is 17.8 Å². The van der Waals surface area contributed by atoms with Gasteiger partial charge in [0.15, 0.2) is 0 Å². The van der Waals surface area contributed by atoms with Gasteiger partial charge in [0.25, 0.3) is 0 Å². The first-order valence-corrected chi connectivity index (χ1v) is 5.69. The van der Waals surface area contributed by atoms with Crippen LogP contribution < -0.4 is 0 Å². The van der Waals surface area contributed by atoms with Gasteiger partial charge in [0.1, 0.15) is 0 Å². The summed E-state index contributed by atoms with van der Waals surface area (Å²) in [5.74, 6) is -0.917. The zero-order valence-electron chi connectivity index (χ0n) is 9.51. The molecule has 3 aliphatic carbocycles. The van der Waals surface area contributed by atoms with Crippen LogP contribution in [0.3, 0.4) is 0 Å². The topological polar surface area (TPSA) is 44.8 Å². The van der Waals surface area contributed by atoms with Crippen LogP contribution in [0.4, 0.5) is 0 Å². The minimum atomic E-state index is -1.08. The van der Waals surface area contributed by atoms with E-state index in [9.17, 15) is 4.79 Å². The normalized spacial score (nSPS) is 43.8. The van der Waals surface area contributed by atoms with Gasteiger partial charge in [-0.1, -0.05) is 12.2 Å². The summed E-state index contributed by atoms with van der Waals surface area (Å²) in [4.78, 5) is 12.3. The van der Waals surface area contributed by atoms with Crippen LogP contribution in [-0.2, 0) is 19.0 Å². The van der Waals surface area contributed by atoms with E-state index in [1.807, 2.05) is 6.08 Å². The van der Waals surface area contributed by atoms with E-state index in [4.69, 9.17) is 14.2 Å². The number of hydrogen-bond donors (Lipinski definition) is 0. The van der Waals surface area contributed by atoms with E-state index in [1.54, 1.807) is 14.2 Å². The van der Waals surface area contributed by atoms with Gasteiger partial charge in [-0.05, 0) is 6.42 Å². The van der Waals surface area contributed by atoms with Crippen molar-refractivity contribution < 1.29 is 19.0 Å². The minimum absolute atomic E-state index is 0.00694. The van der Waals surface area contributed by atoms with Gasteiger partial charge in [-0.3, -0.25) is 4.79 Å². The maximum atomic E-state index is 12.3. The van der Waals surface area contributed by atoms with Gasteiger partial charge >= 0.3 is 0 Å². The SMILES string of the molecule is COC1(OC)C(=O)C2C=CC1C1CCOC21. The fraction of sp³-hybridized carbons (Fsp3) is 0.750. The Hall–Kier alpha value is -0.710. The van der Waals surface area contributed by atoms with E-state index >= 15 is 0 Å². The summed E-state index contributed by atoms with van der Waals surface area (Å²) in [5, 5.41) is 0. The van der Waals surface area contributed by atoms with Crippen molar-refractivity contribution in [3.63, 3.8) is 0 Å². The second kappa shape index (κ2) is 3.39. The molecule has 4 heteroatoms. The molecule has 2 fully saturated rings. The molecule has 1 heterocycles. The number of carbonyl (C=O) groups is 1. The first-order valence-electron chi connectivity index (χ1n) is 5.69. The fourth-order valence-corrected chi connectivity index (χ4v) is 3.47. The van der Waals surface area contributed by atoms with Gasteiger partial charge in [-0.2, -0.15) is 0 Å². The van der Waals surface area contributed by atoms with Crippen molar-refractivity contribution in [2.24, 2.45) is 17.8 Å². The van der Waals surface area contributed by atoms with Crippen LogP contribution in [0.2, 0.25) is 0 Å². The molecule has 0 aromatic heterocycles. The first-order chi connectivity index (χ1) is 7.74. The van der Waals surface area contributed by atoms with Crippen LogP contribution in [0.5, 0.6) is 0 Å². The molecule has 4 atom stereocenters. The second-order valence-electron chi connectivity index (χ2n) is 4.66. The van der Waals surface area contributed by atoms with E-state index in [0.29, 0.717) is 5.92 Å². The largest absolute Gasteiger partial charge is 0.377 e. The van der Waals surface area contributed by atoms with Crippen molar-refractivity contribution in [1.29, 1.82) is 0 Å². The van der Waals surface area contributed by atoms with E-state index in [-0.39, 0.29) is 23.7 Å². The number of ether oxygens (including phenoxy) is 3. The second-order valence-corrected chi connectivity index (χ2v) is 4.66. The molecule has 16 heavy (non-hydrogen) atoms. The van der Waals surface area contributed by atoms with Crippen molar-refractivity contribution in [3.05, 3.63) is 12.2 Å². The zero-order valence-corrected chi connectivity index (χ0v) is 9.51. The number of ketones is 1. The molecule has 0 amide bonds. The predicted molar refractivity (Wildman–Crippen MR) is 55.7 cm³/mol. The molecule has 4 unspecified atom stereocenters. The van der Waals surface area contributed by atoms with Crippen molar-refractivity contribution in [2.45, 2.75) is 18.3 Å².